The van der Waals surface area contributed by atoms with Gasteiger partial charge in [0.1, 0.15) is 0 Å². The summed E-state index contributed by atoms with van der Waals surface area (Å²) in [5.41, 5.74) is 0. The van der Waals surface area contributed by atoms with Gasteiger partial charge in [-0.2, -0.15) is 0 Å². The second-order valence-corrected chi connectivity index (χ2v) is 4.65. The summed E-state index contributed by atoms with van der Waals surface area (Å²) in [6, 6.07) is 0. The molecule has 0 saturated heterocycles. The molecule has 0 aromatic carbocycles. The van der Waals surface area contributed by atoms with Gasteiger partial charge in [-0.3, -0.25) is 0 Å². The van der Waals surface area contributed by atoms with Crippen molar-refractivity contribution in [3.05, 3.63) is 12.2 Å². The van der Waals surface area contributed by atoms with E-state index in [4.69, 9.17) is 5.11 Å². The first-order valence-corrected chi connectivity index (χ1v) is 5.33. The highest BCUT2D eigenvalue weighted by Crippen LogP contribution is 2.19. The summed E-state index contributed by atoms with van der Waals surface area (Å²) in [6.45, 7) is 8.73. The SMILES string of the molecule is CC(C)CC(C)CC(C)C=CC(=O)O. The van der Waals surface area contributed by atoms with Gasteiger partial charge in [0.2, 0.25) is 0 Å². The number of carboxylic acids is 1. The smallest absolute Gasteiger partial charge is 0.327 e. The standard InChI is InChI=1S/C12H22O2/c1-9(2)7-11(4)8-10(3)5-6-12(13)14/h5-6,9-11H,7-8H2,1-4H3,(H,13,14). The molecule has 0 rings (SSSR count). The van der Waals surface area contributed by atoms with Crippen molar-refractivity contribution >= 4 is 5.97 Å². The fourth-order valence-electron chi connectivity index (χ4n) is 1.86. The Morgan fingerprint density at radius 2 is 1.79 bits per heavy atom. The molecule has 0 radical (unpaired) electrons. The highest BCUT2D eigenvalue weighted by atomic mass is 16.4. The zero-order chi connectivity index (χ0) is 11.1. The fraction of sp³-hybridized carbons (Fsp3) is 0.750. The summed E-state index contributed by atoms with van der Waals surface area (Å²) in [5.74, 6) is 0.900. The van der Waals surface area contributed by atoms with Crippen LogP contribution in [0.25, 0.3) is 0 Å². The summed E-state index contributed by atoms with van der Waals surface area (Å²) >= 11 is 0. The van der Waals surface area contributed by atoms with Crippen LogP contribution in [-0.2, 0) is 4.79 Å². The molecule has 0 saturated carbocycles. The van der Waals surface area contributed by atoms with Gasteiger partial charge >= 0.3 is 5.97 Å². The van der Waals surface area contributed by atoms with E-state index in [9.17, 15) is 4.79 Å². The average Bonchev–Trinajstić information content (AvgIpc) is 1.98. The van der Waals surface area contributed by atoms with Crippen molar-refractivity contribution in [1.82, 2.24) is 0 Å². The number of aliphatic carboxylic acids is 1. The number of rotatable bonds is 6. The minimum atomic E-state index is -0.853. The van der Waals surface area contributed by atoms with Crippen LogP contribution < -0.4 is 0 Å². The molecular formula is C12H22O2. The summed E-state index contributed by atoms with van der Waals surface area (Å²) in [5, 5.41) is 8.46. The third kappa shape index (κ3) is 7.84. The minimum Gasteiger partial charge on any atom is -0.478 e. The van der Waals surface area contributed by atoms with E-state index in [0.29, 0.717) is 11.8 Å². The van der Waals surface area contributed by atoms with Gasteiger partial charge in [0.25, 0.3) is 0 Å². The molecule has 2 unspecified atom stereocenters. The largest absolute Gasteiger partial charge is 0.478 e. The topological polar surface area (TPSA) is 37.3 Å². The number of hydrogen-bond acceptors (Lipinski definition) is 1. The molecule has 0 heterocycles. The van der Waals surface area contributed by atoms with Crippen LogP contribution in [0.3, 0.4) is 0 Å². The van der Waals surface area contributed by atoms with Crippen molar-refractivity contribution < 1.29 is 9.90 Å². The van der Waals surface area contributed by atoms with E-state index >= 15 is 0 Å². The number of allylic oxidation sites excluding steroid dienone is 1. The normalized spacial score (nSPS) is 16.1. The summed E-state index contributed by atoms with van der Waals surface area (Å²) < 4.78 is 0. The summed E-state index contributed by atoms with van der Waals surface area (Å²) in [7, 11) is 0. The lowest BCUT2D eigenvalue weighted by atomic mass is 9.90. The Labute approximate surface area is 87.0 Å². The van der Waals surface area contributed by atoms with E-state index in [-0.39, 0.29) is 0 Å². The van der Waals surface area contributed by atoms with Crippen LogP contribution in [0.5, 0.6) is 0 Å². The fourth-order valence-corrected chi connectivity index (χ4v) is 1.86. The van der Waals surface area contributed by atoms with Crippen LogP contribution in [0.2, 0.25) is 0 Å². The van der Waals surface area contributed by atoms with Crippen LogP contribution in [0.1, 0.15) is 40.5 Å². The first-order valence-electron chi connectivity index (χ1n) is 5.33. The summed E-state index contributed by atoms with van der Waals surface area (Å²) in [6.07, 6.45) is 5.30. The van der Waals surface area contributed by atoms with Crippen molar-refractivity contribution in [1.29, 1.82) is 0 Å². The molecule has 0 bridgehead atoms. The van der Waals surface area contributed by atoms with Gasteiger partial charge in [-0.25, -0.2) is 4.79 Å². The van der Waals surface area contributed by atoms with Crippen LogP contribution in [0, 0.1) is 17.8 Å². The van der Waals surface area contributed by atoms with E-state index in [0.717, 1.165) is 12.3 Å². The molecule has 14 heavy (non-hydrogen) atoms. The lowest BCUT2D eigenvalue weighted by Crippen LogP contribution is -2.05. The van der Waals surface area contributed by atoms with E-state index in [1.54, 1.807) is 6.08 Å². The Morgan fingerprint density at radius 1 is 1.21 bits per heavy atom. The molecule has 0 aromatic rings. The zero-order valence-electron chi connectivity index (χ0n) is 9.66. The van der Waals surface area contributed by atoms with E-state index in [2.05, 4.69) is 27.7 Å². The van der Waals surface area contributed by atoms with E-state index in [1.165, 1.54) is 12.5 Å². The Balaban J connectivity index is 3.81. The average molecular weight is 198 g/mol. The third-order valence-electron chi connectivity index (χ3n) is 2.22. The maximum absolute atomic E-state index is 10.3. The molecule has 0 spiro atoms. The molecule has 0 aliphatic rings. The second kappa shape index (κ2) is 6.63. The van der Waals surface area contributed by atoms with Crippen molar-refractivity contribution in [3.63, 3.8) is 0 Å². The Hall–Kier alpha value is -0.790. The molecule has 0 aliphatic carbocycles. The van der Waals surface area contributed by atoms with Gasteiger partial charge < -0.3 is 5.11 Å². The lowest BCUT2D eigenvalue weighted by Gasteiger charge is -2.16. The molecule has 0 amide bonds. The van der Waals surface area contributed by atoms with Crippen LogP contribution in [0.4, 0.5) is 0 Å². The van der Waals surface area contributed by atoms with E-state index in [1.807, 2.05) is 0 Å². The Kier molecular flexibility index (Phi) is 6.26. The summed E-state index contributed by atoms with van der Waals surface area (Å²) in [4.78, 5) is 10.3. The molecular weight excluding hydrogens is 176 g/mol. The monoisotopic (exact) mass is 198 g/mol. The number of carbonyl (C=O) groups is 1. The van der Waals surface area contributed by atoms with Crippen LogP contribution >= 0.6 is 0 Å². The van der Waals surface area contributed by atoms with Gasteiger partial charge in [0, 0.05) is 6.08 Å². The quantitative estimate of drug-likeness (QED) is 0.665. The Morgan fingerprint density at radius 3 is 2.21 bits per heavy atom. The molecule has 1 N–H and O–H groups in total. The zero-order valence-corrected chi connectivity index (χ0v) is 9.66. The molecule has 0 aliphatic heterocycles. The predicted molar refractivity (Wildman–Crippen MR) is 59.2 cm³/mol. The van der Waals surface area contributed by atoms with Crippen molar-refractivity contribution in [2.24, 2.45) is 17.8 Å². The number of carboxylic acid groups (broad SMARTS) is 1. The molecule has 2 heteroatoms. The second-order valence-electron chi connectivity index (χ2n) is 4.65. The van der Waals surface area contributed by atoms with Crippen molar-refractivity contribution in [2.45, 2.75) is 40.5 Å². The maximum atomic E-state index is 10.3. The van der Waals surface area contributed by atoms with E-state index < -0.39 is 5.97 Å². The van der Waals surface area contributed by atoms with Gasteiger partial charge in [-0.15, -0.1) is 0 Å². The minimum absolute atomic E-state index is 0.361. The first kappa shape index (κ1) is 13.2. The van der Waals surface area contributed by atoms with Gasteiger partial charge in [-0.1, -0.05) is 33.8 Å². The van der Waals surface area contributed by atoms with Gasteiger partial charge in [0.05, 0.1) is 0 Å². The highest BCUT2D eigenvalue weighted by Gasteiger charge is 2.08. The molecule has 2 nitrogen and oxygen atoms in total. The maximum Gasteiger partial charge on any atom is 0.327 e. The van der Waals surface area contributed by atoms with Gasteiger partial charge in [0.15, 0.2) is 0 Å². The molecule has 82 valence electrons. The van der Waals surface area contributed by atoms with Crippen molar-refractivity contribution in [3.8, 4) is 0 Å². The number of hydrogen-bond donors (Lipinski definition) is 1. The van der Waals surface area contributed by atoms with Crippen molar-refractivity contribution in [2.75, 3.05) is 0 Å². The van der Waals surface area contributed by atoms with Crippen LogP contribution in [0.15, 0.2) is 12.2 Å². The predicted octanol–water partition coefficient (Wildman–Crippen LogP) is 3.34. The highest BCUT2D eigenvalue weighted by molar-refractivity contribution is 5.79. The lowest BCUT2D eigenvalue weighted by molar-refractivity contribution is -0.131. The van der Waals surface area contributed by atoms with Gasteiger partial charge in [-0.05, 0) is 30.6 Å². The Bertz CT molecular complexity index is 194. The van der Waals surface area contributed by atoms with Crippen LogP contribution in [-0.4, -0.2) is 11.1 Å². The molecule has 2 atom stereocenters. The molecule has 0 fully saturated rings. The molecule has 0 aromatic heterocycles. The third-order valence-corrected chi connectivity index (χ3v) is 2.22. The first-order chi connectivity index (χ1) is 6.41.